The van der Waals surface area contributed by atoms with Crippen LogP contribution in [0.15, 0.2) is 48.5 Å². The first kappa shape index (κ1) is 10.2. The Bertz CT molecular complexity index is 412. The number of hydrogen-bond donors (Lipinski definition) is 1. The van der Waals surface area contributed by atoms with Gasteiger partial charge in [0, 0.05) is 9.93 Å². The van der Waals surface area contributed by atoms with Crippen molar-refractivity contribution in [2.24, 2.45) is 0 Å². The Morgan fingerprint density at radius 2 is 1.19 bits per heavy atom. The zero-order valence-electron chi connectivity index (χ0n) is 8.34. The lowest BCUT2D eigenvalue weighted by Crippen LogP contribution is -2.01. The molecule has 2 aromatic rings. The predicted molar refractivity (Wildman–Crippen MR) is 63.0 cm³/mol. The quantitative estimate of drug-likeness (QED) is 0.622. The van der Waals surface area contributed by atoms with E-state index >= 15 is 0 Å². The summed E-state index contributed by atoms with van der Waals surface area (Å²) in [6.07, 6.45) is 0. The molecule has 0 aromatic heterocycles. The van der Waals surface area contributed by atoms with Crippen molar-refractivity contribution in [3.63, 3.8) is 0 Å². The van der Waals surface area contributed by atoms with Gasteiger partial charge in [-0.2, -0.15) is 0 Å². The van der Waals surface area contributed by atoms with Crippen LogP contribution in [0.4, 0.5) is 11.4 Å². The van der Waals surface area contributed by atoms with Crippen molar-refractivity contribution in [2.75, 3.05) is 5.32 Å². The summed E-state index contributed by atoms with van der Waals surface area (Å²) in [5.74, 6) is 1.76. The molecule has 0 saturated heterocycles. The largest absolute Gasteiger partial charge is 0.453 e. The molecule has 1 aliphatic rings. The Morgan fingerprint density at radius 3 is 1.69 bits per heavy atom. The smallest absolute Gasteiger partial charge is 0.150 e. The number of fused-ring (bicyclic) bond motifs is 2. The van der Waals surface area contributed by atoms with Gasteiger partial charge in [-0.1, -0.05) is 24.3 Å². The molecule has 0 bridgehead atoms. The molecule has 1 heterocycles. The third-order valence-electron chi connectivity index (χ3n) is 2.26. The van der Waals surface area contributed by atoms with Crippen molar-refractivity contribution in [1.82, 2.24) is 0 Å². The second-order valence-electron chi connectivity index (χ2n) is 3.22. The van der Waals surface area contributed by atoms with Crippen molar-refractivity contribution in [2.45, 2.75) is 0 Å². The first-order chi connectivity index (χ1) is 7.93. The minimum absolute atomic E-state index is 0.881. The number of para-hydroxylation sites is 4. The van der Waals surface area contributed by atoms with E-state index in [0.717, 1.165) is 22.9 Å². The summed E-state index contributed by atoms with van der Waals surface area (Å²) in [6.45, 7) is 0. The first-order valence-electron chi connectivity index (χ1n) is 4.73. The molecule has 3 rings (SSSR count). The van der Waals surface area contributed by atoms with Crippen LogP contribution in [-0.2, 0) is 0 Å². The molecule has 0 unspecified atom stereocenters. The van der Waals surface area contributed by atoms with Gasteiger partial charge < -0.3 is 10.1 Å². The molecule has 0 atom stereocenters. The predicted octanol–water partition coefficient (Wildman–Crippen LogP) is 3.60. The van der Waals surface area contributed by atoms with Gasteiger partial charge in [-0.05, 0) is 24.3 Å². The molecule has 1 N–H and O–H groups in total. The maximum atomic E-state index is 7.00. The van der Waals surface area contributed by atoms with E-state index in [0.29, 0.717) is 0 Å². The number of rotatable bonds is 0. The molecule has 0 fully saturated rings. The minimum Gasteiger partial charge on any atom is -0.453 e. The highest BCUT2D eigenvalue weighted by Crippen LogP contribution is 2.40. The van der Waals surface area contributed by atoms with Gasteiger partial charge in [0.1, 0.15) is 0 Å². The van der Waals surface area contributed by atoms with E-state index in [-0.39, 0.29) is 0 Å². The molecule has 16 heavy (non-hydrogen) atoms. The SMILES string of the molecule is O=O.c1ccc2c(c1)Nc1ccccc1O2. The molecule has 0 spiro atoms. The van der Waals surface area contributed by atoms with Crippen LogP contribution in [0.2, 0.25) is 0 Å². The van der Waals surface area contributed by atoms with Gasteiger partial charge in [-0.3, -0.25) is 0 Å². The van der Waals surface area contributed by atoms with Crippen LogP contribution in [0, 0.1) is 9.93 Å². The Hall–Kier alpha value is -2.36. The second-order valence-corrected chi connectivity index (χ2v) is 3.22. The van der Waals surface area contributed by atoms with Crippen molar-refractivity contribution in [3.05, 3.63) is 58.5 Å². The normalized spacial score (nSPS) is 10.8. The highest BCUT2D eigenvalue weighted by molar-refractivity contribution is 5.75. The van der Waals surface area contributed by atoms with Crippen LogP contribution in [0.5, 0.6) is 11.5 Å². The van der Waals surface area contributed by atoms with Crippen LogP contribution < -0.4 is 10.1 Å². The van der Waals surface area contributed by atoms with Gasteiger partial charge in [0.15, 0.2) is 11.5 Å². The summed E-state index contributed by atoms with van der Waals surface area (Å²) in [5, 5.41) is 3.32. The number of nitrogens with one attached hydrogen (secondary N) is 1. The van der Waals surface area contributed by atoms with Gasteiger partial charge >= 0.3 is 0 Å². The highest BCUT2D eigenvalue weighted by atomic mass is 16.7. The zero-order chi connectivity index (χ0) is 11.4. The number of benzene rings is 2. The van der Waals surface area contributed by atoms with Crippen molar-refractivity contribution in [1.29, 1.82) is 0 Å². The Labute approximate surface area is 92.1 Å². The van der Waals surface area contributed by atoms with E-state index in [1.807, 2.05) is 48.5 Å². The average Bonchev–Trinajstić information content (AvgIpc) is 2.38. The average molecular weight is 215 g/mol. The van der Waals surface area contributed by atoms with Gasteiger partial charge in [0.25, 0.3) is 0 Å². The fraction of sp³-hybridized carbons (Fsp3) is 0. The Kier molecular flexibility index (Phi) is 2.82. The molecule has 0 aliphatic carbocycles. The van der Waals surface area contributed by atoms with Crippen LogP contribution in [0.3, 0.4) is 0 Å². The lowest BCUT2D eigenvalue weighted by atomic mass is 10.2. The fourth-order valence-electron chi connectivity index (χ4n) is 1.58. The lowest BCUT2D eigenvalue weighted by molar-refractivity contribution is 0.481. The number of hydrogen-bond acceptors (Lipinski definition) is 4. The maximum Gasteiger partial charge on any atom is 0.150 e. The highest BCUT2D eigenvalue weighted by Gasteiger charge is 2.13. The summed E-state index contributed by atoms with van der Waals surface area (Å²) in [5.41, 5.74) is 2.04. The molecular formula is C12H9NO3. The third kappa shape index (κ3) is 1.72. The van der Waals surface area contributed by atoms with E-state index in [9.17, 15) is 0 Å². The molecule has 0 amide bonds. The summed E-state index contributed by atoms with van der Waals surface area (Å²) in [4.78, 5) is 14.0. The molecule has 4 nitrogen and oxygen atoms in total. The van der Waals surface area contributed by atoms with E-state index in [4.69, 9.17) is 14.7 Å². The third-order valence-corrected chi connectivity index (χ3v) is 2.26. The molecule has 0 radical (unpaired) electrons. The monoisotopic (exact) mass is 215 g/mol. The van der Waals surface area contributed by atoms with E-state index in [1.54, 1.807) is 0 Å². The molecule has 2 aromatic carbocycles. The standard InChI is InChI=1S/C12H9NO.O2/c1-3-7-11-9(5-1)13-10-6-2-4-8-12(10)14-11;1-2/h1-8,13H;. The summed E-state index contributed by atoms with van der Waals surface area (Å²) >= 11 is 0. The minimum atomic E-state index is 0.881. The second kappa shape index (κ2) is 4.44. The number of anilines is 2. The molecule has 1 aliphatic heterocycles. The van der Waals surface area contributed by atoms with Crippen LogP contribution in [-0.4, -0.2) is 0 Å². The first-order valence-corrected chi connectivity index (χ1v) is 4.73. The molecule has 0 saturated carbocycles. The van der Waals surface area contributed by atoms with Crippen molar-refractivity contribution >= 4 is 11.4 Å². The zero-order valence-corrected chi connectivity index (χ0v) is 8.34. The summed E-state index contributed by atoms with van der Waals surface area (Å²) in [6, 6.07) is 15.8. The van der Waals surface area contributed by atoms with Crippen LogP contribution in [0.25, 0.3) is 0 Å². The lowest BCUT2D eigenvalue weighted by Gasteiger charge is -2.20. The van der Waals surface area contributed by atoms with Gasteiger partial charge in [-0.15, -0.1) is 0 Å². The maximum absolute atomic E-state index is 7.00. The van der Waals surface area contributed by atoms with E-state index in [2.05, 4.69) is 5.32 Å². The number of ether oxygens (including phenoxy) is 1. The van der Waals surface area contributed by atoms with Crippen molar-refractivity contribution < 1.29 is 4.74 Å². The van der Waals surface area contributed by atoms with Crippen molar-refractivity contribution in [3.8, 4) is 11.5 Å². The summed E-state index contributed by atoms with van der Waals surface area (Å²) in [7, 11) is 0. The van der Waals surface area contributed by atoms with Crippen LogP contribution >= 0.6 is 0 Å². The van der Waals surface area contributed by atoms with Gasteiger partial charge in [0.2, 0.25) is 0 Å². The van der Waals surface area contributed by atoms with Gasteiger partial charge in [-0.25, -0.2) is 0 Å². The van der Waals surface area contributed by atoms with E-state index in [1.165, 1.54) is 0 Å². The topological polar surface area (TPSA) is 55.4 Å². The molecule has 80 valence electrons. The Morgan fingerprint density at radius 1 is 0.750 bits per heavy atom. The van der Waals surface area contributed by atoms with E-state index < -0.39 is 0 Å². The molecule has 4 heteroatoms. The van der Waals surface area contributed by atoms with Gasteiger partial charge in [0.05, 0.1) is 11.4 Å². The fourth-order valence-corrected chi connectivity index (χ4v) is 1.58. The summed E-state index contributed by atoms with van der Waals surface area (Å²) < 4.78 is 5.71. The Balaban J connectivity index is 0.000000457. The van der Waals surface area contributed by atoms with Crippen LogP contribution in [0.1, 0.15) is 0 Å². The molecular weight excluding hydrogens is 206 g/mol.